The molecule has 1 aromatic heterocycles. The normalized spacial score (nSPS) is 20.7. The van der Waals surface area contributed by atoms with Crippen LogP contribution in [0.25, 0.3) is 11.4 Å². The molecule has 3 amide bonds. The van der Waals surface area contributed by atoms with E-state index in [-0.39, 0.29) is 30.0 Å². The Morgan fingerprint density at radius 3 is 2.75 bits per heavy atom. The van der Waals surface area contributed by atoms with E-state index in [1.54, 1.807) is 0 Å². The van der Waals surface area contributed by atoms with E-state index >= 15 is 0 Å². The molecule has 5 rings (SSSR count). The lowest BCUT2D eigenvalue weighted by atomic mass is 9.92. The molecular formula is C20H15FN4O3. The van der Waals surface area contributed by atoms with Crippen LogP contribution in [0.4, 0.5) is 9.18 Å². The number of hydrogen-bond donors (Lipinski definition) is 1. The highest BCUT2D eigenvalue weighted by Gasteiger charge is 2.55. The zero-order chi connectivity index (χ0) is 19.3. The number of imide groups is 1. The maximum absolute atomic E-state index is 13.1. The third-order valence-electron chi connectivity index (χ3n) is 5.29. The Balaban J connectivity index is 1.40. The lowest BCUT2D eigenvalue weighted by Crippen LogP contribution is -2.41. The number of benzene rings is 2. The quantitative estimate of drug-likeness (QED) is 0.708. The van der Waals surface area contributed by atoms with Gasteiger partial charge in [-0.2, -0.15) is 4.98 Å². The van der Waals surface area contributed by atoms with Crippen LogP contribution in [0.1, 0.15) is 23.4 Å². The lowest BCUT2D eigenvalue weighted by Gasteiger charge is -2.21. The van der Waals surface area contributed by atoms with Crippen LogP contribution in [0.3, 0.4) is 0 Å². The highest BCUT2D eigenvalue weighted by molar-refractivity contribution is 6.08. The van der Waals surface area contributed by atoms with E-state index in [2.05, 4.69) is 15.5 Å². The Morgan fingerprint density at radius 2 is 1.93 bits per heavy atom. The largest absolute Gasteiger partial charge is 0.337 e. The number of carbonyl (C=O) groups is 2. The highest BCUT2D eigenvalue weighted by atomic mass is 19.1. The molecule has 2 aliphatic rings. The average Bonchev–Trinajstić information content (AvgIpc) is 3.37. The first-order chi connectivity index (χ1) is 13.6. The second-order valence-corrected chi connectivity index (χ2v) is 6.90. The van der Waals surface area contributed by atoms with Gasteiger partial charge >= 0.3 is 6.03 Å². The summed E-state index contributed by atoms with van der Waals surface area (Å²) in [6, 6.07) is 12.8. The summed E-state index contributed by atoms with van der Waals surface area (Å²) in [6.45, 7) is -0.122. The van der Waals surface area contributed by atoms with Gasteiger partial charge in [0, 0.05) is 5.56 Å². The number of carbonyl (C=O) groups excluding carboxylic acids is 2. The first-order valence-corrected chi connectivity index (χ1v) is 8.88. The number of aromatic nitrogens is 2. The minimum atomic E-state index is -1.02. The van der Waals surface area contributed by atoms with Crippen molar-refractivity contribution in [2.75, 3.05) is 0 Å². The van der Waals surface area contributed by atoms with Crippen molar-refractivity contribution in [1.29, 1.82) is 0 Å². The molecule has 2 heterocycles. The van der Waals surface area contributed by atoms with Crippen molar-refractivity contribution >= 4 is 11.9 Å². The Morgan fingerprint density at radius 1 is 1.14 bits per heavy atom. The summed E-state index contributed by atoms with van der Waals surface area (Å²) in [7, 11) is 0. The number of rotatable bonds is 3. The summed E-state index contributed by atoms with van der Waals surface area (Å²) in [5, 5.41) is 6.71. The number of halogens is 1. The monoisotopic (exact) mass is 378 g/mol. The summed E-state index contributed by atoms with van der Waals surface area (Å²) >= 11 is 0. The van der Waals surface area contributed by atoms with Crippen LogP contribution in [0, 0.1) is 5.82 Å². The molecule has 8 heteroatoms. The number of nitrogens with one attached hydrogen (secondary N) is 1. The van der Waals surface area contributed by atoms with Crippen LogP contribution in [-0.2, 0) is 23.3 Å². The average molecular weight is 378 g/mol. The van der Waals surface area contributed by atoms with Gasteiger partial charge in [0.05, 0.1) is 0 Å². The predicted octanol–water partition coefficient (Wildman–Crippen LogP) is 2.77. The molecule has 140 valence electrons. The van der Waals surface area contributed by atoms with Gasteiger partial charge in [-0.15, -0.1) is 0 Å². The van der Waals surface area contributed by atoms with Crippen LogP contribution in [-0.4, -0.2) is 27.0 Å². The van der Waals surface area contributed by atoms with Crippen molar-refractivity contribution in [2.24, 2.45) is 0 Å². The SMILES string of the molecule is O=C1N[C@@]2(CCc3ccccc32)C(=O)N1Cc1nc(-c2ccc(F)cc2)no1. The van der Waals surface area contributed by atoms with E-state index in [0.29, 0.717) is 12.0 Å². The molecule has 1 fully saturated rings. The first-order valence-electron chi connectivity index (χ1n) is 8.88. The zero-order valence-electron chi connectivity index (χ0n) is 14.7. The Labute approximate surface area is 159 Å². The first kappa shape index (κ1) is 16.6. The van der Waals surface area contributed by atoms with E-state index in [9.17, 15) is 14.0 Å². The van der Waals surface area contributed by atoms with E-state index < -0.39 is 11.6 Å². The Hall–Kier alpha value is -3.55. The van der Waals surface area contributed by atoms with Crippen LogP contribution in [0.15, 0.2) is 53.1 Å². The van der Waals surface area contributed by atoms with Crippen LogP contribution in [0.5, 0.6) is 0 Å². The van der Waals surface area contributed by atoms with Gasteiger partial charge in [0.25, 0.3) is 5.91 Å². The van der Waals surface area contributed by atoms with Crippen molar-refractivity contribution in [1.82, 2.24) is 20.4 Å². The number of urea groups is 1. The summed E-state index contributed by atoms with van der Waals surface area (Å²) in [4.78, 5) is 31.0. The Kier molecular flexibility index (Phi) is 3.55. The van der Waals surface area contributed by atoms with Crippen LogP contribution >= 0.6 is 0 Å². The number of amides is 3. The minimum Gasteiger partial charge on any atom is -0.337 e. The molecule has 1 saturated heterocycles. The Bertz CT molecular complexity index is 1090. The summed E-state index contributed by atoms with van der Waals surface area (Å²) in [6.07, 6.45) is 1.25. The molecule has 7 nitrogen and oxygen atoms in total. The molecular weight excluding hydrogens is 363 g/mol. The maximum Gasteiger partial charge on any atom is 0.325 e. The van der Waals surface area contributed by atoms with Crippen molar-refractivity contribution in [3.05, 3.63) is 71.4 Å². The van der Waals surface area contributed by atoms with Crippen LogP contribution < -0.4 is 5.32 Å². The molecule has 1 N–H and O–H groups in total. The second kappa shape index (κ2) is 5.98. The topological polar surface area (TPSA) is 88.3 Å². The standard InChI is InChI=1S/C20H15FN4O3/c21-14-7-5-13(6-8-14)17-22-16(28-24-17)11-25-18(26)20(23-19(25)27)10-9-12-3-1-2-4-15(12)20/h1-8H,9-11H2,(H,23,27)/t20-/m1/s1. The van der Waals surface area contributed by atoms with E-state index in [4.69, 9.17) is 4.52 Å². The van der Waals surface area contributed by atoms with Crippen molar-refractivity contribution in [3.63, 3.8) is 0 Å². The van der Waals surface area contributed by atoms with E-state index in [1.807, 2.05) is 24.3 Å². The molecule has 1 aliphatic carbocycles. The van der Waals surface area contributed by atoms with Gasteiger partial charge in [-0.1, -0.05) is 29.4 Å². The fourth-order valence-corrected chi connectivity index (χ4v) is 3.90. The fraction of sp³-hybridized carbons (Fsp3) is 0.200. The van der Waals surface area contributed by atoms with Gasteiger partial charge in [-0.3, -0.25) is 9.69 Å². The fourth-order valence-electron chi connectivity index (χ4n) is 3.90. The van der Waals surface area contributed by atoms with Gasteiger partial charge in [0.1, 0.15) is 17.9 Å². The molecule has 0 radical (unpaired) electrons. The third-order valence-corrected chi connectivity index (χ3v) is 5.29. The summed E-state index contributed by atoms with van der Waals surface area (Å²) in [5.74, 6) is -0.285. The molecule has 0 unspecified atom stereocenters. The summed E-state index contributed by atoms with van der Waals surface area (Å²) in [5.41, 5.74) is 1.46. The second-order valence-electron chi connectivity index (χ2n) is 6.90. The minimum absolute atomic E-state index is 0.122. The van der Waals surface area contributed by atoms with Gasteiger partial charge < -0.3 is 9.84 Å². The summed E-state index contributed by atoms with van der Waals surface area (Å²) < 4.78 is 18.3. The molecule has 0 bridgehead atoms. The molecule has 28 heavy (non-hydrogen) atoms. The maximum atomic E-state index is 13.1. The zero-order valence-corrected chi connectivity index (χ0v) is 14.7. The molecule has 1 aliphatic heterocycles. The third kappa shape index (κ3) is 2.41. The van der Waals surface area contributed by atoms with E-state index in [0.717, 1.165) is 22.4 Å². The van der Waals surface area contributed by atoms with Gasteiger partial charge in [0.15, 0.2) is 0 Å². The number of nitrogens with zero attached hydrogens (tertiary/aromatic N) is 3. The van der Waals surface area contributed by atoms with Crippen molar-refractivity contribution < 1.29 is 18.5 Å². The van der Waals surface area contributed by atoms with Gasteiger partial charge in [-0.05, 0) is 48.2 Å². The van der Waals surface area contributed by atoms with Crippen molar-refractivity contribution in [2.45, 2.75) is 24.9 Å². The number of hydrogen-bond acceptors (Lipinski definition) is 5. The predicted molar refractivity (Wildman–Crippen MR) is 95.2 cm³/mol. The smallest absolute Gasteiger partial charge is 0.325 e. The van der Waals surface area contributed by atoms with Gasteiger partial charge in [-0.25, -0.2) is 9.18 Å². The number of fused-ring (bicyclic) bond motifs is 2. The van der Waals surface area contributed by atoms with Crippen molar-refractivity contribution in [3.8, 4) is 11.4 Å². The molecule has 1 atom stereocenters. The van der Waals surface area contributed by atoms with E-state index in [1.165, 1.54) is 24.3 Å². The lowest BCUT2D eigenvalue weighted by molar-refractivity contribution is -0.132. The molecule has 3 aromatic rings. The highest BCUT2D eigenvalue weighted by Crippen LogP contribution is 2.41. The molecule has 0 saturated carbocycles. The van der Waals surface area contributed by atoms with Gasteiger partial charge in [0.2, 0.25) is 11.7 Å². The molecule has 2 aromatic carbocycles. The van der Waals surface area contributed by atoms with Crippen LogP contribution in [0.2, 0.25) is 0 Å². The molecule has 1 spiro atoms. The number of aryl methyl sites for hydroxylation is 1.